The maximum Gasteiger partial charge on any atom is 0.245 e. The number of rotatable bonds is 8. The summed E-state index contributed by atoms with van der Waals surface area (Å²) in [5.74, 6) is 0.0634. The molecule has 1 saturated heterocycles. The van der Waals surface area contributed by atoms with Crippen molar-refractivity contribution >= 4 is 29.0 Å². The van der Waals surface area contributed by atoms with Gasteiger partial charge in [-0.25, -0.2) is 0 Å². The topological polar surface area (TPSA) is 78.7 Å². The minimum absolute atomic E-state index is 0.0188. The lowest BCUT2D eigenvalue weighted by atomic mass is 10.1. The number of hydrogen-bond donors (Lipinski definition) is 1. The van der Waals surface area contributed by atoms with E-state index in [2.05, 4.69) is 15.4 Å². The molecule has 1 fully saturated rings. The highest BCUT2D eigenvalue weighted by Crippen LogP contribution is 2.12. The number of carbonyl (C=O) groups excluding carboxylic acids is 2. The number of aromatic nitrogens is 1. The highest BCUT2D eigenvalue weighted by molar-refractivity contribution is 7.10. The maximum atomic E-state index is 12.7. The first-order valence-electron chi connectivity index (χ1n) is 8.93. The van der Waals surface area contributed by atoms with Crippen molar-refractivity contribution in [1.82, 2.24) is 15.0 Å². The molecule has 2 aromatic heterocycles. The summed E-state index contributed by atoms with van der Waals surface area (Å²) in [6, 6.07) is 5.45. The lowest BCUT2D eigenvalue weighted by Gasteiger charge is -2.29. The van der Waals surface area contributed by atoms with Crippen molar-refractivity contribution in [2.24, 2.45) is 0 Å². The minimum atomic E-state index is -0.267. The number of hydrogen-bond acceptors (Lipinski definition) is 6. The first-order valence-corrected chi connectivity index (χ1v) is 9.81. The van der Waals surface area contributed by atoms with Crippen LogP contribution in [0.2, 0.25) is 0 Å². The van der Waals surface area contributed by atoms with Crippen LogP contribution in [0.1, 0.15) is 24.1 Å². The van der Waals surface area contributed by atoms with Gasteiger partial charge in [0.2, 0.25) is 11.8 Å². The molecule has 0 aromatic carbocycles. The van der Waals surface area contributed by atoms with Crippen LogP contribution in [0, 0.1) is 0 Å². The molecule has 3 heterocycles. The first kappa shape index (κ1) is 18.6. The van der Waals surface area contributed by atoms with Crippen LogP contribution >= 0.6 is 11.3 Å². The van der Waals surface area contributed by atoms with Gasteiger partial charge in [-0.3, -0.25) is 9.59 Å². The Morgan fingerprint density at radius 2 is 2.12 bits per heavy atom. The molecular weight excluding hydrogens is 352 g/mol. The number of thiophene rings is 1. The molecule has 7 nitrogen and oxygen atoms in total. The molecule has 0 radical (unpaired) electrons. The van der Waals surface area contributed by atoms with E-state index in [-0.39, 0.29) is 18.4 Å². The van der Waals surface area contributed by atoms with Gasteiger partial charge in [0.1, 0.15) is 6.26 Å². The second-order valence-corrected chi connectivity index (χ2v) is 7.44. The van der Waals surface area contributed by atoms with Crippen molar-refractivity contribution in [2.75, 3.05) is 38.0 Å². The van der Waals surface area contributed by atoms with Crippen molar-refractivity contribution in [3.8, 4) is 0 Å². The third-order valence-electron chi connectivity index (χ3n) is 4.43. The predicted octanol–water partition coefficient (Wildman–Crippen LogP) is 2.23. The summed E-state index contributed by atoms with van der Waals surface area (Å²) in [6.45, 7) is 3.50. The lowest BCUT2D eigenvalue weighted by molar-refractivity contribution is -0.134. The number of amides is 2. The van der Waals surface area contributed by atoms with Crippen LogP contribution in [-0.4, -0.2) is 59.5 Å². The third kappa shape index (κ3) is 5.67. The van der Waals surface area contributed by atoms with E-state index in [0.717, 1.165) is 24.5 Å². The Morgan fingerprint density at radius 1 is 1.27 bits per heavy atom. The summed E-state index contributed by atoms with van der Waals surface area (Å²) in [4.78, 5) is 30.0. The van der Waals surface area contributed by atoms with Crippen LogP contribution in [-0.2, 0) is 16.0 Å². The lowest BCUT2D eigenvalue weighted by Crippen LogP contribution is -2.44. The fraction of sp³-hybridized carbons (Fsp3) is 0.500. The molecule has 2 aromatic rings. The number of carbonyl (C=O) groups is 2. The number of nitrogens with one attached hydrogen (secondary N) is 1. The zero-order valence-corrected chi connectivity index (χ0v) is 15.5. The van der Waals surface area contributed by atoms with E-state index in [1.54, 1.807) is 22.3 Å². The van der Waals surface area contributed by atoms with Crippen LogP contribution in [0.15, 0.2) is 34.4 Å². The van der Waals surface area contributed by atoms with Gasteiger partial charge in [-0.2, -0.15) is 0 Å². The second kappa shape index (κ2) is 9.49. The number of likely N-dealkylation sites (tertiary alicyclic amines) is 1. The van der Waals surface area contributed by atoms with E-state index < -0.39 is 0 Å². The number of piperidine rings is 1. The summed E-state index contributed by atoms with van der Waals surface area (Å²) in [7, 11) is 0. The molecule has 1 N–H and O–H groups in total. The molecule has 0 atom stereocenters. The molecule has 3 rings (SSSR count). The molecule has 1 aliphatic rings. The maximum absolute atomic E-state index is 12.7. The van der Waals surface area contributed by atoms with Gasteiger partial charge in [-0.15, -0.1) is 11.3 Å². The standard InChI is InChI=1S/C18H24N4O3S/c23-17(19-16-6-11-25-20-16)14-22(10-9-21-7-2-1-3-8-21)18(24)13-15-5-4-12-26-15/h4-6,11-12H,1-3,7-10,13-14H2,(H,19,20,23). The van der Waals surface area contributed by atoms with Gasteiger partial charge in [-0.05, 0) is 37.4 Å². The fourth-order valence-electron chi connectivity index (χ4n) is 3.04. The van der Waals surface area contributed by atoms with Crippen LogP contribution in [0.4, 0.5) is 5.82 Å². The molecule has 1 aliphatic heterocycles. The molecule has 0 saturated carbocycles. The summed E-state index contributed by atoms with van der Waals surface area (Å²) < 4.78 is 4.71. The van der Waals surface area contributed by atoms with E-state index in [4.69, 9.17) is 4.52 Å². The van der Waals surface area contributed by atoms with E-state index in [1.807, 2.05) is 17.5 Å². The van der Waals surface area contributed by atoms with Gasteiger partial charge in [0.15, 0.2) is 5.82 Å². The molecule has 0 unspecified atom stereocenters. The average molecular weight is 376 g/mol. The van der Waals surface area contributed by atoms with Crippen LogP contribution in [0.5, 0.6) is 0 Å². The zero-order valence-electron chi connectivity index (χ0n) is 14.7. The van der Waals surface area contributed by atoms with E-state index in [9.17, 15) is 9.59 Å². The first-order chi connectivity index (χ1) is 12.7. The van der Waals surface area contributed by atoms with Crippen molar-refractivity contribution in [2.45, 2.75) is 25.7 Å². The number of nitrogens with zero attached hydrogens (tertiary/aromatic N) is 3. The minimum Gasteiger partial charge on any atom is -0.363 e. The molecule has 2 amide bonds. The van der Waals surface area contributed by atoms with Crippen LogP contribution in [0.25, 0.3) is 0 Å². The summed E-state index contributed by atoms with van der Waals surface area (Å²) in [6.07, 6.45) is 5.41. The summed E-state index contributed by atoms with van der Waals surface area (Å²) >= 11 is 1.56. The van der Waals surface area contributed by atoms with Crippen molar-refractivity contribution < 1.29 is 14.1 Å². The molecule has 140 valence electrons. The quantitative estimate of drug-likeness (QED) is 0.764. The molecule has 0 bridgehead atoms. The van der Waals surface area contributed by atoms with Crippen LogP contribution < -0.4 is 5.32 Å². The highest BCUT2D eigenvalue weighted by atomic mass is 32.1. The molecule has 0 spiro atoms. The zero-order chi connectivity index (χ0) is 18.2. The van der Waals surface area contributed by atoms with Gasteiger partial charge >= 0.3 is 0 Å². The molecule has 26 heavy (non-hydrogen) atoms. The normalized spacial score (nSPS) is 14.9. The molecule has 8 heteroatoms. The molecule has 0 aliphatic carbocycles. The van der Waals surface area contributed by atoms with Crippen molar-refractivity contribution in [1.29, 1.82) is 0 Å². The Hall–Kier alpha value is -2.19. The fourth-order valence-corrected chi connectivity index (χ4v) is 3.74. The Bertz CT molecular complexity index is 681. The second-order valence-electron chi connectivity index (χ2n) is 6.41. The summed E-state index contributed by atoms with van der Waals surface area (Å²) in [5.41, 5.74) is 0. The Kier molecular flexibility index (Phi) is 6.79. The van der Waals surface area contributed by atoms with Crippen molar-refractivity contribution in [3.63, 3.8) is 0 Å². The SMILES string of the molecule is O=C(CN(CCN1CCCCC1)C(=O)Cc1cccs1)Nc1ccon1. The third-order valence-corrected chi connectivity index (χ3v) is 5.31. The largest absolute Gasteiger partial charge is 0.363 e. The van der Waals surface area contributed by atoms with Gasteiger partial charge in [0.25, 0.3) is 0 Å². The Labute approximate surface area is 156 Å². The highest BCUT2D eigenvalue weighted by Gasteiger charge is 2.20. The van der Waals surface area contributed by atoms with Gasteiger partial charge < -0.3 is 19.6 Å². The van der Waals surface area contributed by atoms with E-state index in [1.165, 1.54) is 25.5 Å². The summed E-state index contributed by atoms with van der Waals surface area (Å²) in [5, 5.41) is 8.28. The van der Waals surface area contributed by atoms with Gasteiger partial charge in [-0.1, -0.05) is 17.6 Å². The molecular formula is C18H24N4O3S. The Morgan fingerprint density at radius 3 is 2.81 bits per heavy atom. The van der Waals surface area contributed by atoms with Gasteiger partial charge in [0.05, 0.1) is 13.0 Å². The monoisotopic (exact) mass is 376 g/mol. The van der Waals surface area contributed by atoms with Crippen molar-refractivity contribution in [3.05, 3.63) is 34.7 Å². The predicted molar refractivity (Wildman–Crippen MR) is 100 cm³/mol. The Balaban J connectivity index is 1.57. The van der Waals surface area contributed by atoms with E-state index >= 15 is 0 Å². The van der Waals surface area contributed by atoms with Gasteiger partial charge in [0, 0.05) is 24.0 Å². The number of anilines is 1. The average Bonchev–Trinajstić information content (AvgIpc) is 3.33. The smallest absolute Gasteiger partial charge is 0.245 e. The van der Waals surface area contributed by atoms with Crippen LogP contribution in [0.3, 0.4) is 0 Å². The van der Waals surface area contributed by atoms with E-state index in [0.29, 0.717) is 18.8 Å².